The lowest BCUT2D eigenvalue weighted by Crippen LogP contribution is -2.59. The maximum absolute atomic E-state index is 13.0. The number of piperazine rings is 1. The predicted molar refractivity (Wildman–Crippen MR) is 103 cm³/mol. The van der Waals surface area contributed by atoms with Crippen LogP contribution in [0.5, 0.6) is 0 Å². The number of benzene rings is 1. The maximum atomic E-state index is 13.0. The molecule has 1 aromatic rings. The summed E-state index contributed by atoms with van der Waals surface area (Å²) in [6.45, 7) is 6.59. The van der Waals surface area contributed by atoms with Crippen LogP contribution in [-0.2, 0) is 19.6 Å². The molecule has 2 aliphatic rings. The quantitative estimate of drug-likeness (QED) is 0.820. The van der Waals surface area contributed by atoms with Gasteiger partial charge in [0.2, 0.25) is 10.0 Å². The van der Waals surface area contributed by atoms with Gasteiger partial charge in [0, 0.05) is 33.3 Å². The Morgan fingerprint density at radius 2 is 1.74 bits per heavy atom. The maximum Gasteiger partial charge on any atom is 0.254 e. The van der Waals surface area contributed by atoms with Gasteiger partial charge in [0.15, 0.2) is 0 Å². The fourth-order valence-electron chi connectivity index (χ4n) is 3.88. The summed E-state index contributed by atoms with van der Waals surface area (Å²) < 4.78 is 33.2. The van der Waals surface area contributed by atoms with Crippen LogP contribution >= 0.6 is 0 Å². The molecule has 0 aliphatic carbocycles. The van der Waals surface area contributed by atoms with E-state index in [9.17, 15) is 13.2 Å². The van der Waals surface area contributed by atoms with Gasteiger partial charge in [-0.1, -0.05) is 12.1 Å². The number of rotatable bonds is 4. The molecule has 0 radical (unpaired) electrons. The van der Waals surface area contributed by atoms with Crippen molar-refractivity contribution in [3.8, 4) is 0 Å². The van der Waals surface area contributed by atoms with E-state index >= 15 is 0 Å². The summed E-state index contributed by atoms with van der Waals surface area (Å²) in [7, 11) is -1.97. The average molecular weight is 396 g/mol. The molecule has 2 heterocycles. The standard InChI is InChI=1S/C19H29N3O4S/c1-15-4-5-16(2)17(14-15)27(24,25)22-12-10-21(11-13-22)18(23)19(26-3)6-8-20-9-7-19/h4-5,14,20H,6-13H2,1-3H3. The highest BCUT2D eigenvalue weighted by molar-refractivity contribution is 7.89. The number of nitrogens with one attached hydrogen (secondary N) is 1. The van der Waals surface area contributed by atoms with Gasteiger partial charge in [-0.25, -0.2) is 8.42 Å². The first-order chi connectivity index (χ1) is 12.8. The highest BCUT2D eigenvalue weighted by Crippen LogP contribution is 2.27. The molecular formula is C19H29N3O4S. The monoisotopic (exact) mass is 395 g/mol. The fraction of sp³-hybridized carbons (Fsp3) is 0.632. The minimum Gasteiger partial charge on any atom is -0.368 e. The molecule has 0 unspecified atom stereocenters. The zero-order chi connectivity index (χ0) is 19.7. The Labute approximate surface area is 161 Å². The van der Waals surface area contributed by atoms with E-state index < -0.39 is 15.6 Å². The van der Waals surface area contributed by atoms with E-state index in [-0.39, 0.29) is 5.91 Å². The molecule has 1 amide bonds. The van der Waals surface area contributed by atoms with Gasteiger partial charge < -0.3 is 15.0 Å². The van der Waals surface area contributed by atoms with E-state index in [4.69, 9.17) is 4.74 Å². The molecule has 2 aliphatic heterocycles. The summed E-state index contributed by atoms with van der Waals surface area (Å²) in [5, 5.41) is 3.25. The summed E-state index contributed by atoms with van der Waals surface area (Å²) in [6.07, 6.45) is 1.28. The number of carbonyl (C=O) groups excluding carboxylic acids is 1. The van der Waals surface area contributed by atoms with E-state index in [1.54, 1.807) is 18.1 Å². The Kier molecular flexibility index (Phi) is 5.90. The van der Waals surface area contributed by atoms with Crippen molar-refractivity contribution < 1.29 is 17.9 Å². The highest BCUT2D eigenvalue weighted by Gasteiger charge is 2.43. The summed E-state index contributed by atoms with van der Waals surface area (Å²) in [6, 6.07) is 5.47. The molecule has 27 heavy (non-hydrogen) atoms. The molecule has 0 bridgehead atoms. The van der Waals surface area contributed by atoms with Crippen LogP contribution in [0.4, 0.5) is 0 Å². The zero-order valence-electron chi connectivity index (χ0n) is 16.3. The van der Waals surface area contributed by atoms with E-state index in [0.29, 0.717) is 43.9 Å². The summed E-state index contributed by atoms with van der Waals surface area (Å²) in [4.78, 5) is 15.1. The minimum absolute atomic E-state index is 0.0183. The number of methoxy groups -OCH3 is 1. The fourth-order valence-corrected chi connectivity index (χ4v) is 5.61. The molecule has 0 saturated carbocycles. The second-order valence-corrected chi connectivity index (χ2v) is 9.32. The van der Waals surface area contributed by atoms with Crippen molar-refractivity contribution in [2.45, 2.75) is 37.2 Å². The number of amides is 1. The largest absolute Gasteiger partial charge is 0.368 e. The number of ether oxygens (including phenoxy) is 1. The Morgan fingerprint density at radius 1 is 1.11 bits per heavy atom. The van der Waals surface area contributed by atoms with E-state index in [0.717, 1.165) is 24.2 Å². The summed E-state index contributed by atoms with van der Waals surface area (Å²) in [5.41, 5.74) is 0.882. The number of piperidine rings is 1. The third-order valence-corrected chi connectivity index (χ3v) is 7.72. The van der Waals surface area contributed by atoms with Crippen LogP contribution in [0.2, 0.25) is 0 Å². The summed E-state index contributed by atoms with van der Waals surface area (Å²) >= 11 is 0. The van der Waals surface area contributed by atoms with Crippen molar-refractivity contribution in [3.63, 3.8) is 0 Å². The van der Waals surface area contributed by atoms with Crippen molar-refractivity contribution in [1.29, 1.82) is 0 Å². The number of hydrogen-bond acceptors (Lipinski definition) is 5. The van der Waals surface area contributed by atoms with Crippen LogP contribution in [0.1, 0.15) is 24.0 Å². The SMILES string of the molecule is COC1(C(=O)N2CCN(S(=O)(=O)c3cc(C)ccc3C)CC2)CCNCC1. The number of carbonyl (C=O) groups is 1. The lowest BCUT2D eigenvalue weighted by atomic mass is 9.90. The molecule has 8 heteroatoms. The van der Waals surface area contributed by atoms with E-state index in [2.05, 4.69) is 5.32 Å². The molecule has 150 valence electrons. The Morgan fingerprint density at radius 3 is 2.33 bits per heavy atom. The molecule has 2 fully saturated rings. The first-order valence-electron chi connectivity index (χ1n) is 9.43. The molecule has 3 rings (SSSR count). The van der Waals surface area contributed by atoms with Gasteiger partial charge in [-0.05, 0) is 57.0 Å². The van der Waals surface area contributed by atoms with Crippen molar-refractivity contribution in [1.82, 2.24) is 14.5 Å². The number of nitrogens with zero attached hydrogens (tertiary/aromatic N) is 2. The minimum atomic E-state index is -3.56. The average Bonchev–Trinajstić information content (AvgIpc) is 2.69. The second kappa shape index (κ2) is 7.87. The van der Waals surface area contributed by atoms with Crippen LogP contribution in [0.25, 0.3) is 0 Å². The molecular weight excluding hydrogens is 366 g/mol. The Balaban J connectivity index is 1.71. The van der Waals surface area contributed by atoms with Gasteiger partial charge in [-0.15, -0.1) is 0 Å². The van der Waals surface area contributed by atoms with E-state index in [1.807, 2.05) is 26.0 Å². The normalized spacial score (nSPS) is 21.2. The van der Waals surface area contributed by atoms with Crippen LogP contribution in [-0.4, -0.2) is 75.5 Å². The number of aryl methyl sites for hydroxylation is 2. The van der Waals surface area contributed by atoms with Crippen molar-refractivity contribution >= 4 is 15.9 Å². The molecule has 1 N–H and O–H groups in total. The van der Waals surface area contributed by atoms with Crippen LogP contribution in [0.3, 0.4) is 0 Å². The lowest BCUT2D eigenvalue weighted by Gasteiger charge is -2.41. The van der Waals surface area contributed by atoms with Crippen molar-refractivity contribution in [3.05, 3.63) is 29.3 Å². The smallest absolute Gasteiger partial charge is 0.254 e. The van der Waals surface area contributed by atoms with Gasteiger partial charge in [-0.3, -0.25) is 4.79 Å². The van der Waals surface area contributed by atoms with Gasteiger partial charge in [0.1, 0.15) is 5.60 Å². The Bertz CT molecular complexity index is 795. The second-order valence-electron chi connectivity index (χ2n) is 7.41. The first kappa shape index (κ1) is 20.3. The van der Waals surface area contributed by atoms with Crippen molar-refractivity contribution in [2.24, 2.45) is 0 Å². The Hall–Kier alpha value is -1.48. The van der Waals surface area contributed by atoms with Gasteiger partial charge in [-0.2, -0.15) is 4.31 Å². The van der Waals surface area contributed by atoms with Gasteiger partial charge >= 0.3 is 0 Å². The topological polar surface area (TPSA) is 79.0 Å². The highest BCUT2D eigenvalue weighted by atomic mass is 32.2. The molecule has 7 nitrogen and oxygen atoms in total. The molecule has 0 atom stereocenters. The zero-order valence-corrected chi connectivity index (χ0v) is 17.1. The molecule has 0 spiro atoms. The molecule has 1 aromatic carbocycles. The van der Waals surface area contributed by atoms with E-state index in [1.165, 1.54) is 4.31 Å². The number of hydrogen-bond donors (Lipinski definition) is 1. The molecule has 0 aromatic heterocycles. The number of sulfonamides is 1. The van der Waals surface area contributed by atoms with Crippen LogP contribution in [0.15, 0.2) is 23.1 Å². The van der Waals surface area contributed by atoms with Crippen LogP contribution in [0, 0.1) is 13.8 Å². The van der Waals surface area contributed by atoms with Crippen LogP contribution < -0.4 is 5.32 Å². The summed E-state index contributed by atoms with van der Waals surface area (Å²) in [5.74, 6) is -0.0183. The van der Waals surface area contributed by atoms with Gasteiger partial charge in [0.25, 0.3) is 5.91 Å². The van der Waals surface area contributed by atoms with Crippen molar-refractivity contribution in [2.75, 3.05) is 46.4 Å². The first-order valence-corrected chi connectivity index (χ1v) is 10.9. The third-order valence-electron chi connectivity index (χ3n) is 5.68. The third kappa shape index (κ3) is 3.89. The lowest BCUT2D eigenvalue weighted by molar-refractivity contribution is -0.159. The predicted octanol–water partition coefficient (Wildman–Crippen LogP) is 0.905. The van der Waals surface area contributed by atoms with Gasteiger partial charge in [0.05, 0.1) is 4.90 Å². The molecule has 2 saturated heterocycles.